The van der Waals surface area contributed by atoms with Crippen LogP contribution in [0.15, 0.2) is 113 Å². The Morgan fingerprint density at radius 1 is 0.736 bits per heavy atom. The Balaban J connectivity index is 0.000000192. The lowest BCUT2D eigenvalue weighted by Gasteiger charge is -2.15. The van der Waals surface area contributed by atoms with Crippen molar-refractivity contribution >= 4 is 44.8 Å². The van der Waals surface area contributed by atoms with Crippen LogP contribution in [0.4, 0.5) is 22.7 Å². The number of fused-ring (bicyclic) bond motifs is 2. The van der Waals surface area contributed by atoms with Gasteiger partial charge in [-0.15, -0.1) is 9.46 Å². The van der Waals surface area contributed by atoms with E-state index in [1.165, 1.54) is 41.7 Å². The molecule has 0 spiro atoms. The smallest absolute Gasteiger partial charge is 0.287 e. The number of aromatic nitrogens is 6. The molecule has 53 heavy (non-hydrogen) atoms. The topological polar surface area (TPSA) is 218 Å². The summed E-state index contributed by atoms with van der Waals surface area (Å²) < 4.78 is 1.70. The number of nitrogen functional groups attached to an aromatic ring is 1. The van der Waals surface area contributed by atoms with Crippen molar-refractivity contribution < 1.29 is 15.0 Å². The van der Waals surface area contributed by atoms with Crippen LogP contribution < -0.4 is 32.3 Å². The normalized spacial score (nSPS) is 10.8. The monoisotopic (exact) mass is 714 g/mol. The number of nitrogens with one attached hydrogen (secondary N) is 2. The Kier molecular flexibility index (Phi) is 10.5. The number of hydrogen-bond acceptors (Lipinski definition) is 13. The quantitative estimate of drug-likeness (QED) is 0.0650. The molecule has 0 amide bonds. The number of benzene rings is 3. The van der Waals surface area contributed by atoms with Gasteiger partial charge in [-0.3, -0.25) is 19.7 Å². The van der Waals surface area contributed by atoms with Crippen molar-refractivity contribution in [2.75, 3.05) is 16.4 Å². The molecule has 0 aliphatic rings. The van der Waals surface area contributed by atoms with Gasteiger partial charge in [0.1, 0.15) is 19.3 Å². The second-order valence-electron chi connectivity index (χ2n) is 11.8. The molecule has 0 aliphatic heterocycles. The lowest BCUT2D eigenvalue weighted by Crippen LogP contribution is -2.28. The van der Waals surface area contributed by atoms with Crippen LogP contribution in [0.1, 0.15) is 28.1 Å². The van der Waals surface area contributed by atoms with Crippen LogP contribution in [0.25, 0.3) is 22.1 Å². The van der Waals surface area contributed by atoms with Crippen LogP contribution in [0.3, 0.4) is 0 Å². The number of nitro benzene ring substituents is 1. The van der Waals surface area contributed by atoms with Crippen LogP contribution in [0.2, 0.25) is 0 Å². The molecule has 268 valence electrons. The third-order valence-corrected chi connectivity index (χ3v) is 8.21. The Labute approximate surface area is 301 Å². The molecule has 4 aromatic heterocycles. The Morgan fingerprint density at radius 2 is 1.26 bits per heavy atom. The van der Waals surface area contributed by atoms with E-state index in [9.17, 15) is 24.9 Å². The number of pyridine rings is 2. The minimum absolute atomic E-state index is 0.0246. The number of hydrogen-bond donors (Lipinski definition) is 4. The van der Waals surface area contributed by atoms with E-state index in [0.717, 1.165) is 16.7 Å². The van der Waals surface area contributed by atoms with Gasteiger partial charge in [0.15, 0.2) is 11.3 Å². The number of rotatable bonds is 10. The number of anilines is 3. The molecule has 0 radical (unpaired) electrons. The molecule has 0 saturated carbocycles. The fourth-order valence-electron chi connectivity index (χ4n) is 5.47. The Morgan fingerprint density at radius 3 is 1.85 bits per heavy atom. The van der Waals surface area contributed by atoms with Crippen LogP contribution in [-0.2, 0) is 19.7 Å². The molecule has 16 heteroatoms. The lowest BCUT2D eigenvalue weighted by molar-refractivity contribution is -0.384. The third-order valence-electron chi connectivity index (χ3n) is 8.21. The SMILES string of the molecule is Cc1ncnc2c1c(NCc1ccc(N)cc1)cc(=O)n2O.Cc1ncnc2c1c(NCc1ccc([N+](=O)[O-])cc1)cc(=O)n2OCc1ccccc1. The van der Waals surface area contributed by atoms with E-state index in [-0.39, 0.29) is 23.5 Å². The summed E-state index contributed by atoms with van der Waals surface area (Å²) >= 11 is 0. The summed E-state index contributed by atoms with van der Waals surface area (Å²) in [6.07, 6.45) is 2.70. The van der Waals surface area contributed by atoms with Crippen molar-refractivity contribution in [3.63, 3.8) is 0 Å². The van der Waals surface area contributed by atoms with Gasteiger partial charge in [0.2, 0.25) is 0 Å². The maximum absolute atomic E-state index is 12.8. The first-order valence-corrected chi connectivity index (χ1v) is 16.3. The second-order valence-corrected chi connectivity index (χ2v) is 11.8. The fourth-order valence-corrected chi connectivity index (χ4v) is 5.47. The summed E-state index contributed by atoms with van der Waals surface area (Å²) in [7, 11) is 0. The summed E-state index contributed by atoms with van der Waals surface area (Å²) in [5, 5.41) is 28.3. The summed E-state index contributed by atoms with van der Waals surface area (Å²) in [6, 6.07) is 26.0. The molecule has 7 rings (SSSR count). The van der Waals surface area contributed by atoms with Crippen molar-refractivity contribution in [1.82, 2.24) is 29.4 Å². The van der Waals surface area contributed by atoms with Gasteiger partial charge < -0.3 is 26.4 Å². The summed E-state index contributed by atoms with van der Waals surface area (Å²) in [4.78, 5) is 57.3. The van der Waals surface area contributed by atoms with Gasteiger partial charge in [0, 0.05) is 43.0 Å². The van der Waals surface area contributed by atoms with E-state index < -0.39 is 10.5 Å². The number of nitrogens with two attached hydrogens (primary N) is 1. The Hall–Kier alpha value is -7.36. The minimum atomic E-state index is -0.551. The molecule has 16 nitrogen and oxygen atoms in total. The summed E-state index contributed by atoms with van der Waals surface area (Å²) in [5.41, 5.74) is 11.3. The van der Waals surface area contributed by atoms with Crippen LogP contribution in [0.5, 0.6) is 0 Å². The van der Waals surface area contributed by atoms with Gasteiger partial charge in [0.05, 0.1) is 38.5 Å². The van der Waals surface area contributed by atoms with Gasteiger partial charge in [-0.1, -0.05) is 54.6 Å². The molecule has 5 N–H and O–H groups in total. The molecule has 3 aromatic carbocycles. The third kappa shape index (κ3) is 8.18. The van der Waals surface area contributed by atoms with Crippen molar-refractivity contribution in [3.8, 4) is 0 Å². The van der Waals surface area contributed by atoms with Gasteiger partial charge in [0.25, 0.3) is 16.8 Å². The molecule has 7 aromatic rings. The maximum atomic E-state index is 12.8. The lowest BCUT2D eigenvalue weighted by atomic mass is 10.2. The highest BCUT2D eigenvalue weighted by atomic mass is 16.7. The van der Waals surface area contributed by atoms with E-state index in [4.69, 9.17) is 10.6 Å². The molecule has 0 saturated heterocycles. The average Bonchev–Trinajstić information content (AvgIpc) is 3.16. The highest BCUT2D eigenvalue weighted by molar-refractivity contribution is 5.91. The van der Waals surface area contributed by atoms with Crippen molar-refractivity contribution in [1.29, 1.82) is 0 Å². The zero-order valence-corrected chi connectivity index (χ0v) is 28.6. The first-order chi connectivity index (χ1) is 25.6. The first-order valence-electron chi connectivity index (χ1n) is 16.3. The molecule has 0 aliphatic carbocycles. The van der Waals surface area contributed by atoms with Crippen LogP contribution >= 0.6 is 0 Å². The van der Waals surface area contributed by atoms with E-state index in [1.54, 1.807) is 19.1 Å². The number of non-ortho nitro benzene ring substituents is 1. The minimum Gasteiger partial charge on any atom is -0.423 e. The maximum Gasteiger partial charge on any atom is 0.287 e. The number of nitrogens with zero attached hydrogens (tertiary/aromatic N) is 7. The number of nitro groups is 1. The first kappa shape index (κ1) is 35.5. The molecule has 0 unspecified atom stereocenters. The molecule has 0 atom stereocenters. The van der Waals surface area contributed by atoms with Crippen molar-refractivity contribution in [2.24, 2.45) is 0 Å². The predicted molar refractivity (Wildman–Crippen MR) is 200 cm³/mol. The zero-order chi connectivity index (χ0) is 37.5. The zero-order valence-electron chi connectivity index (χ0n) is 28.6. The van der Waals surface area contributed by atoms with Crippen molar-refractivity contribution in [3.05, 3.63) is 163 Å². The number of aryl methyl sites for hydroxylation is 2. The largest absolute Gasteiger partial charge is 0.423 e. The summed E-state index contributed by atoms with van der Waals surface area (Å²) in [6.45, 7) is 4.72. The van der Waals surface area contributed by atoms with Crippen LogP contribution in [-0.4, -0.2) is 39.5 Å². The van der Waals surface area contributed by atoms with E-state index in [1.807, 2.05) is 61.5 Å². The Bertz CT molecular complexity index is 2520. The van der Waals surface area contributed by atoms with Gasteiger partial charge >= 0.3 is 0 Å². The van der Waals surface area contributed by atoms with E-state index in [0.29, 0.717) is 62.7 Å². The van der Waals surface area contributed by atoms with Crippen molar-refractivity contribution in [2.45, 2.75) is 33.5 Å². The molecular weight excluding hydrogens is 680 g/mol. The average molecular weight is 715 g/mol. The van der Waals surface area contributed by atoms with E-state index >= 15 is 0 Å². The second kappa shape index (κ2) is 15.7. The van der Waals surface area contributed by atoms with Gasteiger partial charge in [-0.25, -0.2) is 19.9 Å². The molecular formula is C37H34N10O6. The van der Waals surface area contributed by atoms with Crippen LogP contribution in [0, 0.1) is 24.0 Å². The molecule has 0 bridgehead atoms. The predicted octanol–water partition coefficient (Wildman–Crippen LogP) is 4.78. The standard InChI is InChI=1S/C22H19N5O4.C15H15N5O2/c1-15-21-19(23-12-16-7-9-18(10-8-16)27(29)30)11-20(28)26(22(21)25-14-24-15)31-13-17-5-3-2-4-6-17;1-9-14-12(17-7-10-2-4-11(16)5-3-10)6-13(21)20(22)15(14)19-8-18-9/h2-11,14,23H,12-13H2,1H3;2-6,8,17,22H,7,16H2,1H3. The summed E-state index contributed by atoms with van der Waals surface area (Å²) in [5.74, 6) is 0. The van der Waals surface area contributed by atoms with Gasteiger partial charge in [-0.2, -0.15) is 0 Å². The highest BCUT2D eigenvalue weighted by Crippen LogP contribution is 2.24. The molecule has 0 fully saturated rings. The molecule has 4 heterocycles. The fraction of sp³-hybridized carbons (Fsp3) is 0.135. The van der Waals surface area contributed by atoms with Gasteiger partial charge in [-0.05, 0) is 42.7 Å². The highest BCUT2D eigenvalue weighted by Gasteiger charge is 2.15. The van der Waals surface area contributed by atoms with E-state index in [2.05, 4.69) is 30.6 Å².